The van der Waals surface area contributed by atoms with Crippen molar-refractivity contribution in [2.75, 3.05) is 26.2 Å². The SMILES string of the molecule is Fc1ccc2oc(CN3CCCNCC3)nc2c1. The molecule has 1 saturated heterocycles. The Hall–Kier alpha value is -1.46. The maximum Gasteiger partial charge on any atom is 0.209 e. The van der Waals surface area contributed by atoms with Crippen LogP contribution < -0.4 is 5.32 Å². The van der Waals surface area contributed by atoms with Gasteiger partial charge in [0.2, 0.25) is 5.89 Å². The van der Waals surface area contributed by atoms with E-state index in [1.807, 2.05) is 0 Å². The van der Waals surface area contributed by atoms with Crippen LogP contribution in [-0.2, 0) is 6.54 Å². The molecule has 96 valence electrons. The first-order valence-corrected chi connectivity index (χ1v) is 6.29. The van der Waals surface area contributed by atoms with Crippen molar-refractivity contribution in [1.29, 1.82) is 0 Å². The molecule has 1 aliphatic heterocycles. The summed E-state index contributed by atoms with van der Waals surface area (Å²) in [7, 11) is 0. The molecule has 1 fully saturated rings. The van der Waals surface area contributed by atoms with E-state index in [9.17, 15) is 4.39 Å². The van der Waals surface area contributed by atoms with Crippen LogP contribution in [0.25, 0.3) is 11.1 Å². The molecule has 0 unspecified atom stereocenters. The van der Waals surface area contributed by atoms with Gasteiger partial charge in [0.05, 0.1) is 6.54 Å². The second-order valence-electron chi connectivity index (χ2n) is 4.60. The second kappa shape index (κ2) is 5.04. The third-order valence-electron chi connectivity index (χ3n) is 3.19. The number of oxazole rings is 1. The Bertz CT molecular complexity index is 532. The number of hydrogen-bond acceptors (Lipinski definition) is 4. The topological polar surface area (TPSA) is 41.3 Å². The molecule has 0 radical (unpaired) electrons. The van der Waals surface area contributed by atoms with Crippen LogP contribution in [0, 0.1) is 5.82 Å². The fourth-order valence-corrected chi connectivity index (χ4v) is 2.27. The first-order valence-electron chi connectivity index (χ1n) is 6.29. The molecule has 0 spiro atoms. The lowest BCUT2D eigenvalue weighted by molar-refractivity contribution is 0.257. The number of hydrogen-bond donors (Lipinski definition) is 1. The number of halogens is 1. The molecule has 5 heteroatoms. The Morgan fingerprint density at radius 3 is 3.22 bits per heavy atom. The van der Waals surface area contributed by atoms with Gasteiger partial charge in [0.1, 0.15) is 11.3 Å². The van der Waals surface area contributed by atoms with Crippen molar-refractivity contribution >= 4 is 11.1 Å². The maximum absolute atomic E-state index is 13.1. The molecular weight excluding hydrogens is 233 g/mol. The van der Waals surface area contributed by atoms with Gasteiger partial charge >= 0.3 is 0 Å². The highest BCUT2D eigenvalue weighted by Crippen LogP contribution is 2.17. The van der Waals surface area contributed by atoms with Gasteiger partial charge in [-0.05, 0) is 31.6 Å². The lowest BCUT2D eigenvalue weighted by Gasteiger charge is -2.16. The second-order valence-corrected chi connectivity index (χ2v) is 4.60. The minimum Gasteiger partial charge on any atom is -0.439 e. The summed E-state index contributed by atoms with van der Waals surface area (Å²) in [5.74, 6) is 0.388. The third-order valence-corrected chi connectivity index (χ3v) is 3.19. The van der Waals surface area contributed by atoms with Crippen molar-refractivity contribution in [3.8, 4) is 0 Å². The molecule has 2 aromatic rings. The van der Waals surface area contributed by atoms with Crippen molar-refractivity contribution in [3.63, 3.8) is 0 Å². The molecule has 1 N–H and O–H groups in total. The molecule has 18 heavy (non-hydrogen) atoms. The van der Waals surface area contributed by atoms with Crippen LogP contribution in [0.1, 0.15) is 12.3 Å². The molecule has 3 rings (SSSR count). The zero-order valence-corrected chi connectivity index (χ0v) is 10.2. The molecule has 1 aromatic heterocycles. The van der Waals surface area contributed by atoms with Crippen LogP contribution >= 0.6 is 0 Å². The van der Waals surface area contributed by atoms with Crippen molar-refractivity contribution in [3.05, 3.63) is 29.9 Å². The lowest BCUT2D eigenvalue weighted by atomic mass is 10.3. The first-order chi connectivity index (χ1) is 8.81. The standard InChI is InChI=1S/C13H16FN3O/c14-10-2-3-12-11(8-10)16-13(18-12)9-17-6-1-4-15-5-7-17/h2-3,8,15H,1,4-7,9H2. The van der Waals surface area contributed by atoms with Crippen LogP contribution in [0.2, 0.25) is 0 Å². The molecule has 2 heterocycles. The van der Waals surface area contributed by atoms with E-state index >= 15 is 0 Å². The number of nitrogens with one attached hydrogen (secondary N) is 1. The molecule has 1 aromatic carbocycles. The quantitative estimate of drug-likeness (QED) is 0.880. The molecule has 0 aliphatic carbocycles. The maximum atomic E-state index is 13.1. The van der Waals surface area contributed by atoms with E-state index in [1.165, 1.54) is 12.1 Å². The summed E-state index contributed by atoms with van der Waals surface area (Å²) >= 11 is 0. The molecular formula is C13H16FN3O. The zero-order valence-electron chi connectivity index (χ0n) is 10.2. The van der Waals surface area contributed by atoms with Crippen LogP contribution in [0.3, 0.4) is 0 Å². The van der Waals surface area contributed by atoms with Crippen molar-refractivity contribution in [1.82, 2.24) is 15.2 Å². The van der Waals surface area contributed by atoms with Gasteiger partial charge in [-0.25, -0.2) is 9.37 Å². The van der Waals surface area contributed by atoms with E-state index in [4.69, 9.17) is 4.42 Å². The predicted molar refractivity (Wildman–Crippen MR) is 66.7 cm³/mol. The number of fused-ring (bicyclic) bond motifs is 1. The Kier molecular flexibility index (Phi) is 3.25. The van der Waals surface area contributed by atoms with Gasteiger partial charge in [0, 0.05) is 19.2 Å². The summed E-state index contributed by atoms with van der Waals surface area (Å²) in [6.45, 7) is 4.79. The van der Waals surface area contributed by atoms with Gasteiger partial charge in [-0.3, -0.25) is 4.90 Å². The normalized spacial score (nSPS) is 18.1. The van der Waals surface area contributed by atoms with E-state index < -0.39 is 0 Å². The zero-order chi connectivity index (χ0) is 12.4. The van der Waals surface area contributed by atoms with Crippen molar-refractivity contribution in [2.45, 2.75) is 13.0 Å². The largest absolute Gasteiger partial charge is 0.439 e. The Labute approximate surface area is 105 Å². The molecule has 4 nitrogen and oxygen atoms in total. The van der Waals surface area contributed by atoms with E-state index in [1.54, 1.807) is 6.07 Å². The number of aromatic nitrogens is 1. The third kappa shape index (κ3) is 2.52. The van der Waals surface area contributed by atoms with Gasteiger partial charge < -0.3 is 9.73 Å². The number of rotatable bonds is 2. The number of nitrogens with zero attached hydrogens (tertiary/aromatic N) is 2. The smallest absolute Gasteiger partial charge is 0.209 e. The number of benzene rings is 1. The minimum atomic E-state index is -0.277. The van der Waals surface area contributed by atoms with E-state index in [0.717, 1.165) is 32.6 Å². The van der Waals surface area contributed by atoms with Crippen LogP contribution in [0.4, 0.5) is 4.39 Å². The summed E-state index contributed by atoms with van der Waals surface area (Å²) in [4.78, 5) is 6.64. The van der Waals surface area contributed by atoms with E-state index in [-0.39, 0.29) is 5.82 Å². The van der Waals surface area contributed by atoms with Crippen LogP contribution in [-0.4, -0.2) is 36.1 Å². The summed E-state index contributed by atoms with van der Waals surface area (Å²) in [5, 5.41) is 3.35. The van der Waals surface area contributed by atoms with Crippen molar-refractivity contribution in [2.24, 2.45) is 0 Å². The van der Waals surface area contributed by atoms with Crippen LogP contribution in [0.15, 0.2) is 22.6 Å². The first kappa shape index (κ1) is 11.6. The summed E-state index contributed by atoms with van der Waals surface area (Å²) in [6, 6.07) is 4.44. The molecule has 0 atom stereocenters. The average Bonchev–Trinajstić information content (AvgIpc) is 2.57. The highest BCUT2D eigenvalue weighted by molar-refractivity contribution is 5.72. The fraction of sp³-hybridized carbons (Fsp3) is 0.462. The highest BCUT2D eigenvalue weighted by Gasteiger charge is 2.13. The van der Waals surface area contributed by atoms with Gasteiger partial charge in [0.15, 0.2) is 5.58 Å². The van der Waals surface area contributed by atoms with Crippen LogP contribution in [0.5, 0.6) is 0 Å². The monoisotopic (exact) mass is 249 g/mol. The molecule has 0 saturated carbocycles. The summed E-state index contributed by atoms with van der Waals surface area (Å²) < 4.78 is 18.7. The van der Waals surface area contributed by atoms with Gasteiger partial charge in [0.25, 0.3) is 0 Å². The molecule has 0 bridgehead atoms. The van der Waals surface area contributed by atoms with Gasteiger partial charge in [-0.15, -0.1) is 0 Å². The minimum absolute atomic E-state index is 0.277. The highest BCUT2D eigenvalue weighted by atomic mass is 19.1. The Morgan fingerprint density at radius 1 is 1.33 bits per heavy atom. The summed E-state index contributed by atoms with van der Waals surface area (Å²) in [5.41, 5.74) is 1.25. The van der Waals surface area contributed by atoms with E-state index in [2.05, 4.69) is 15.2 Å². The lowest BCUT2D eigenvalue weighted by Crippen LogP contribution is -2.27. The Morgan fingerprint density at radius 2 is 2.28 bits per heavy atom. The van der Waals surface area contributed by atoms with Gasteiger partial charge in [-0.2, -0.15) is 0 Å². The molecule has 0 amide bonds. The summed E-state index contributed by atoms with van der Waals surface area (Å²) in [6.07, 6.45) is 1.13. The predicted octanol–water partition coefficient (Wildman–Crippen LogP) is 1.76. The molecule has 1 aliphatic rings. The Balaban J connectivity index is 1.77. The average molecular weight is 249 g/mol. The van der Waals surface area contributed by atoms with Gasteiger partial charge in [-0.1, -0.05) is 0 Å². The van der Waals surface area contributed by atoms with E-state index in [0.29, 0.717) is 23.5 Å². The fourth-order valence-electron chi connectivity index (χ4n) is 2.27. The van der Waals surface area contributed by atoms with Crippen molar-refractivity contribution < 1.29 is 8.81 Å².